The Labute approximate surface area is 93.2 Å². The van der Waals surface area contributed by atoms with Crippen LogP contribution in [-0.2, 0) is 0 Å². The van der Waals surface area contributed by atoms with Crippen molar-refractivity contribution in [3.05, 3.63) is 0 Å². The minimum Gasteiger partial charge on any atom is -0.327 e. The van der Waals surface area contributed by atoms with Crippen LogP contribution < -0.4 is 5.73 Å². The van der Waals surface area contributed by atoms with E-state index < -0.39 is 0 Å². The van der Waals surface area contributed by atoms with Gasteiger partial charge in [0.15, 0.2) is 0 Å². The third-order valence-corrected chi connectivity index (χ3v) is 5.06. The molecule has 14 heavy (non-hydrogen) atoms. The first-order chi connectivity index (χ1) is 6.77. The van der Waals surface area contributed by atoms with Crippen LogP contribution in [-0.4, -0.2) is 16.5 Å². The van der Waals surface area contributed by atoms with Gasteiger partial charge in [-0.15, -0.1) is 0 Å². The molecule has 1 aliphatic rings. The van der Waals surface area contributed by atoms with E-state index in [0.717, 1.165) is 5.25 Å². The summed E-state index contributed by atoms with van der Waals surface area (Å²) in [6, 6.07) is 0.426. The van der Waals surface area contributed by atoms with Crippen LogP contribution in [0.2, 0.25) is 0 Å². The van der Waals surface area contributed by atoms with Crippen molar-refractivity contribution in [1.82, 2.24) is 0 Å². The average molecular weight is 215 g/mol. The predicted molar refractivity (Wildman–Crippen MR) is 66.8 cm³/mol. The maximum absolute atomic E-state index is 6.20. The summed E-state index contributed by atoms with van der Waals surface area (Å²) in [6.45, 7) is 4.51. The van der Waals surface area contributed by atoms with Crippen molar-refractivity contribution < 1.29 is 0 Å². The van der Waals surface area contributed by atoms with E-state index in [9.17, 15) is 0 Å². The van der Waals surface area contributed by atoms with Crippen molar-refractivity contribution >= 4 is 11.8 Å². The Bertz CT molecular complexity index is 143. The van der Waals surface area contributed by atoms with Crippen molar-refractivity contribution in [2.75, 3.05) is 0 Å². The first kappa shape index (κ1) is 12.4. The first-order valence-corrected chi connectivity index (χ1v) is 7.13. The summed E-state index contributed by atoms with van der Waals surface area (Å²) in [4.78, 5) is 0. The highest BCUT2D eigenvalue weighted by Crippen LogP contribution is 2.34. The highest BCUT2D eigenvalue weighted by Gasteiger charge is 2.23. The first-order valence-electron chi connectivity index (χ1n) is 6.19. The lowest BCUT2D eigenvalue weighted by Gasteiger charge is -2.24. The Balaban J connectivity index is 2.29. The van der Waals surface area contributed by atoms with Gasteiger partial charge in [-0.3, -0.25) is 0 Å². The zero-order valence-corrected chi connectivity index (χ0v) is 10.5. The SMILES string of the molecule is CCCC(N)C(CC)SC1CCCC1. The number of hydrogen-bond acceptors (Lipinski definition) is 2. The summed E-state index contributed by atoms with van der Waals surface area (Å²) in [5.74, 6) is 0. The van der Waals surface area contributed by atoms with Gasteiger partial charge in [0.05, 0.1) is 0 Å². The largest absolute Gasteiger partial charge is 0.327 e. The molecule has 1 fully saturated rings. The quantitative estimate of drug-likeness (QED) is 0.733. The highest BCUT2D eigenvalue weighted by atomic mass is 32.2. The fourth-order valence-electron chi connectivity index (χ4n) is 2.29. The topological polar surface area (TPSA) is 26.0 Å². The summed E-state index contributed by atoms with van der Waals surface area (Å²) < 4.78 is 0. The third kappa shape index (κ3) is 3.82. The average Bonchev–Trinajstić information content (AvgIpc) is 2.66. The highest BCUT2D eigenvalue weighted by molar-refractivity contribution is 8.00. The van der Waals surface area contributed by atoms with Gasteiger partial charge in [0, 0.05) is 16.5 Å². The fraction of sp³-hybridized carbons (Fsp3) is 1.00. The number of rotatable bonds is 6. The lowest BCUT2D eigenvalue weighted by molar-refractivity contribution is 0.564. The Morgan fingerprint density at radius 2 is 1.93 bits per heavy atom. The van der Waals surface area contributed by atoms with Crippen LogP contribution in [0.25, 0.3) is 0 Å². The molecule has 84 valence electrons. The lowest BCUT2D eigenvalue weighted by Crippen LogP contribution is -2.33. The summed E-state index contributed by atoms with van der Waals surface area (Å²) in [6.07, 6.45) is 9.40. The molecule has 1 nitrogen and oxygen atoms in total. The van der Waals surface area contributed by atoms with Crippen LogP contribution in [0.3, 0.4) is 0 Å². The molecule has 0 spiro atoms. The van der Waals surface area contributed by atoms with Crippen molar-refractivity contribution in [3.8, 4) is 0 Å². The molecule has 0 bridgehead atoms. The van der Waals surface area contributed by atoms with Gasteiger partial charge in [0.1, 0.15) is 0 Å². The molecule has 2 unspecified atom stereocenters. The number of hydrogen-bond donors (Lipinski definition) is 1. The second-order valence-corrected chi connectivity index (χ2v) is 5.99. The van der Waals surface area contributed by atoms with Crippen LogP contribution in [0, 0.1) is 0 Å². The van der Waals surface area contributed by atoms with Crippen molar-refractivity contribution in [1.29, 1.82) is 0 Å². The minimum absolute atomic E-state index is 0.426. The molecule has 1 saturated carbocycles. The van der Waals surface area contributed by atoms with Gasteiger partial charge >= 0.3 is 0 Å². The summed E-state index contributed by atoms with van der Waals surface area (Å²) in [5.41, 5.74) is 6.20. The fourth-order valence-corrected chi connectivity index (χ4v) is 3.92. The monoisotopic (exact) mass is 215 g/mol. The van der Waals surface area contributed by atoms with Gasteiger partial charge in [-0.2, -0.15) is 11.8 Å². The molecular formula is C12H25NS. The van der Waals surface area contributed by atoms with Gasteiger partial charge in [-0.25, -0.2) is 0 Å². The van der Waals surface area contributed by atoms with Gasteiger partial charge < -0.3 is 5.73 Å². The lowest BCUT2D eigenvalue weighted by atomic mass is 10.1. The molecule has 0 amide bonds. The maximum atomic E-state index is 6.20. The second-order valence-electron chi connectivity index (χ2n) is 4.44. The van der Waals surface area contributed by atoms with E-state index in [0.29, 0.717) is 11.3 Å². The van der Waals surface area contributed by atoms with Gasteiger partial charge in [0.25, 0.3) is 0 Å². The van der Waals surface area contributed by atoms with Crippen molar-refractivity contribution in [3.63, 3.8) is 0 Å². The van der Waals surface area contributed by atoms with Crippen LogP contribution in [0.15, 0.2) is 0 Å². The van der Waals surface area contributed by atoms with E-state index in [2.05, 4.69) is 25.6 Å². The normalized spacial score (nSPS) is 22.5. The minimum atomic E-state index is 0.426. The maximum Gasteiger partial charge on any atom is 0.0199 e. The Kier molecular flexibility index (Phi) is 5.95. The zero-order chi connectivity index (χ0) is 10.4. The molecule has 0 aliphatic heterocycles. The van der Waals surface area contributed by atoms with Gasteiger partial charge in [0.2, 0.25) is 0 Å². The molecule has 2 heteroatoms. The van der Waals surface area contributed by atoms with Crippen LogP contribution >= 0.6 is 11.8 Å². The summed E-state index contributed by atoms with van der Waals surface area (Å²) in [7, 11) is 0. The Hall–Kier alpha value is 0.310. The molecule has 0 aromatic carbocycles. The second kappa shape index (κ2) is 6.73. The molecule has 1 rings (SSSR count). The smallest absolute Gasteiger partial charge is 0.0199 e. The standard InChI is InChI=1S/C12H25NS/c1-3-7-11(13)12(4-2)14-10-8-5-6-9-10/h10-12H,3-9,13H2,1-2H3. The van der Waals surface area contributed by atoms with E-state index in [-0.39, 0.29) is 0 Å². The van der Waals surface area contributed by atoms with Crippen LogP contribution in [0.1, 0.15) is 58.8 Å². The molecule has 0 heterocycles. The number of nitrogens with two attached hydrogens (primary N) is 1. The van der Waals surface area contributed by atoms with E-state index >= 15 is 0 Å². The molecular weight excluding hydrogens is 190 g/mol. The zero-order valence-electron chi connectivity index (χ0n) is 9.67. The van der Waals surface area contributed by atoms with E-state index in [1.807, 2.05) is 0 Å². The van der Waals surface area contributed by atoms with E-state index in [1.54, 1.807) is 0 Å². The molecule has 1 aliphatic carbocycles. The Morgan fingerprint density at radius 1 is 1.29 bits per heavy atom. The van der Waals surface area contributed by atoms with Crippen LogP contribution in [0.4, 0.5) is 0 Å². The molecule has 2 N–H and O–H groups in total. The predicted octanol–water partition coefficient (Wildman–Crippen LogP) is 3.57. The summed E-state index contributed by atoms with van der Waals surface area (Å²) >= 11 is 2.18. The van der Waals surface area contributed by atoms with Crippen molar-refractivity contribution in [2.45, 2.75) is 75.3 Å². The Morgan fingerprint density at radius 3 is 2.43 bits per heavy atom. The van der Waals surface area contributed by atoms with Gasteiger partial charge in [-0.05, 0) is 25.7 Å². The van der Waals surface area contributed by atoms with Crippen molar-refractivity contribution in [2.24, 2.45) is 5.73 Å². The number of thioether (sulfide) groups is 1. The van der Waals surface area contributed by atoms with Gasteiger partial charge in [-0.1, -0.05) is 33.1 Å². The summed E-state index contributed by atoms with van der Waals surface area (Å²) in [5, 5.41) is 1.63. The molecule has 2 atom stereocenters. The molecule has 0 radical (unpaired) electrons. The van der Waals surface area contributed by atoms with Crippen LogP contribution in [0.5, 0.6) is 0 Å². The van der Waals surface area contributed by atoms with E-state index in [1.165, 1.54) is 44.9 Å². The molecule has 0 aromatic rings. The van der Waals surface area contributed by atoms with E-state index in [4.69, 9.17) is 5.73 Å². The molecule has 0 aromatic heterocycles. The third-order valence-electron chi connectivity index (χ3n) is 3.17. The molecule has 0 saturated heterocycles.